The van der Waals surface area contributed by atoms with Crippen LogP contribution in [0.4, 0.5) is 0 Å². The van der Waals surface area contributed by atoms with Gasteiger partial charge < -0.3 is 10.6 Å². The highest BCUT2D eigenvalue weighted by molar-refractivity contribution is 14.0. The van der Waals surface area contributed by atoms with Crippen molar-refractivity contribution in [2.45, 2.75) is 52.5 Å². The summed E-state index contributed by atoms with van der Waals surface area (Å²) in [7, 11) is -2.94. The largest absolute Gasteiger partial charge is 0.357 e. The molecule has 0 amide bonds. The molecule has 0 spiro atoms. The number of guanidine groups is 1. The lowest BCUT2D eigenvalue weighted by atomic mass is 9.84. The van der Waals surface area contributed by atoms with Gasteiger partial charge in [0.05, 0.1) is 12.3 Å². The van der Waals surface area contributed by atoms with Crippen LogP contribution < -0.4 is 10.6 Å². The van der Waals surface area contributed by atoms with Gasteiger partial charge in [0.25, 0.3) is 0 Å². The van der Waals surface area contributed by atoms with Crippen LogP contribution in [0, 0.1) is 6.92 Å². The highest BCUT2D eigenvalue weighted by Gasteiger charge is 2.20. The Morgan fingerprint density at radius 3 is 2.50 bits per heavy atom. The molecule has 1 atom stereocenters. The van der Waals surface area contributed by atoms with Gasteiger partial charge in [-0.25, -0.2) is 8.42 Å². The van der Waals surface area contributed by atoms with Crippen molar-refractivity contribution in [1.29, 1.82) is 0 Å². The second-order valence-electron chi connectivity index (χ2n) is 7.41. The van der Waals surface area contributed by atoms with Crippen LogP contribution >= 0.6 is 24.0 Å². The molecule has 0 aromatic heterocycles. The molecule has 1 rings (SSSR count). The highest BCUT2D eigenvalue weighted by Crippen LogP contribution is 2.24. The lowest BCUT2D eigenvalue weighted by Crippen LogP contribution is -2.43. The zero-order valence-corrected chi connectivity index (χ0v) is 19.9. The average Bonchev–Trinajstić information content (AvgIpc) is 2.50. The van der Waals surface area contributed by atoms with Gasteiger partial charge in [0.15, 0.2) is 5.96 Å². The minimum atomic E-state index is -2.94. The van der Waals surface area contributed by atoms with Gasteiger partial charge in [-0.1, -0.05) is 43.7 Å². The number of hydrogen-bond acceptors (Lipinski definition) is 3. The van der Waals surface area contributed by atoms with Gasteiger partial charge in [-0.2, -0.15) is 0 Å². The summed E-state index contributed by atoms with van der Waals surface area (Å²) < 4.78 is 22.6. The second-order valence-corrected chi connectivity index (χ2v) is 9.67. The molecular formula is C19H34IN3O2S. The Morgan fingerprint density at radius 1 is 1.31 bits per heavy atom. The Balaban J connectivity index is 0.00000625. The van der Waals surface area contributed by atoms with E-state index >= 15 is 0 Å². The van der Waals surface area contributed by atoms with E-state index in [1.807, 2.05) is 13.8 Å². The molecule has 0 heterocycles. The highest BCUT2D eigenvalue weighted by atomic mass is 127. The van der Waals surface area contributed by atoms with Crippen molar-refractivity contribution in [3.8, 4) is 0 Å². The number of benzene rings is 1. The van der Waals surface area contributed by atoms with Crippen LogP contribution in [-0.4, -0.2) is 45.5 Å². The van der Waals surface area contributed by atoms with E-state index in [9.17, 15) is 8.42 Å². The van der Waals surface area contributed by atoms with Crippen LogP contribution in [0.1, 0.15) is 45.2 Å². The summed E-state index contributed by atoms with van der Waals surface area (Å²) in [4.78, 5) is 4.72. The molecule has 0 bridgehead atoms. The number of nitrogens with one attached hydrogen (secondary N) is 2. The standard InChI is InChI=1S/C19H33N3O2S.HI/c1-7-20-18(22-16(3)11-12-25(6,23)24)21-14-19(4,5)17-10-8-9-15(2)13-17;/h8-10,13,16H,7,11-12,14H2,1-6H3,(H2,20,21,22);1H. The summed E-state index contributed by atoms with van der Waals surface area (Å²) in [5.41, 5.74) is 2.43. The van der Waals surface area contributed by atoms with Gasteiger partial charge in [0.1, 0.15) is 9.84 Å². The molecule has 26 heavy (non-hydrogen) atoms. The number of halogens is 1. The van der Waals surface area contributed by atoms with E-state index in [1.54, 1.807) is 0 Å². The quantitative estimate of drug-likeness (QED) is 0.330. The fraction of sp³-hybridized carbons (Fsp3) is 0.632. The maximum absolute atomic E-state index is 11.3. The van der Waals surface area contributed by atoms with Gasteiger partial charge in [-0.05, 0) is 32.8 Å². The third-order valence-corrected chi connectivity index (χ3v) is 5.06. The summed E-state index contributed by atoms with van der Waals surface area (Å²) in [6, 6.07) is 8.54. The lowest BCUT2D eigenvalue weighted by molar-refractivity contribution is 0.533. The molecule has 1 unspecified atom stereocenters. The van der Waals surface area contributed by atoms with Crippen LogP contribution in [-0.2, 0) is 15.3 Å². The Kier molecular flexibility index (Phi) is 10.8. The first-order valence-corrected chi connectivity index (χ1v) is 10.9. The summed E-state index contributed by atoms with van der Waals surface area (Å²) >= 11 is 0. The molecule has 0 fully saturated rings. The lowest BCUT2D eigenvalue weighted by Gasteiger charge is -2.25. The number of sulfone groups is 1. The van der Waals surface area contributed by atoms with Crippen molar-refractivity contribution in [3.63, 3.8) is 0 Å². The van der Waals surface area contributed by atoms with Gasteiger partial charge in [0.2, 0.25) is 0 Å². The van der Waals surface area contributed by atoms with E-state index in [4.69, 9.17) is 4.99 Å². The van der Waals surface area contributed by atoms with Crippen LogP contribution in [0.25, 0.3) is 0 Å². The molecule has 0 radical (unpaired) electrons. The molecule has 150 valence electrons. The summed E-state index contributed by atoms with van der Waals surface area (Å²) in [5, 5.41) is 6.54. The maximum Gasteiger partial charge on any atom is 0.191 e. The van der Waals surface area contributed by atoms with Crippen molar-refractivity contribution in [3.05, 3.63) is 35.4 Å². The molecular weight excluding hydrogens is 461 g/mol. The fourth-order valence-electron chi connectivity index (χ4n) is 2.45. The van der Waals surface area contributed by atoms with Gasteiger partial charge in [0, 0.05) is 24.3 Å². The number of aryl methyl sites for hydroxylation is 1. The first kappa shape index (κ1) is 25.2. The second kappa shape index (κ2) is 11.1. The first-order chi connectivity index (χ1) is 11.5. The number of hydrogen-bond donors (Lipinski definition) is 2. The number of rotatable bonds is 8. The molecule has 0 aliphatic rings. The molecule has 0 saturated heterocycles. The Bertz CT molecular complexity index is 688. The predicted molar refractivity (Wildman–Crippen MR) is 123 cm³/mol. The predicted octanol–water partition coefficient (Wildman–Crippen LogP) is 3.27. The van der Waals surface area contributed by atoms with Gasteiger partial charge in [-0.15, -0.1) is 24.0 Å². The smallest absolute Gasteiger partial charge is 0.191 e. The first-order valence-electron chi connectivity index (χ1n) is 8.83. The van der Waals surface area contributed by atoms with Gasteiger partial charge in [-0.3, -0.25) is 4.99 Å². The van der Waals surface area contributed by atoms with Crippen molar-refractivity contribution in [2.24, 2.45) is 4.99 Å². The summed E-state index contributed by atoms with van der Waals surface area (Å²) in [6.07, 6.45) is 1.83. The Hall–Kier alpha value is -0.830. The van der Waals surface area contributed by atoms with Crippen LogP contribution in [0.15, 0.2) is 29.3 Å². The van der Waals surface area contributed by atoms with E-state index in [-0.39, 0.29) is 41.2 Å². The van der Waals surface area contributed by atoms with Crippen molar-refractivity contribution in [2.75, 3.05) is 25.1 Å². The van der Waals surface area contributed by atoms with Crippen molar-refractivity contribution >= 4 is 39.8 Å². The van der Waals surface area contributed by atoms with Gasteiger partial charge >= 0.3 is 0 Å². The van der Waals surface area contributed by atoms with E-state index in [0.717, 1.165) is 12.5 Å². The average molecular weight is 495 g/mol. The van der Waals surface area contributed by atoms with Crippen LogP contribution in [0.5, 0.6) is 0 Å². The SMILES string of the molecule is CCNC(=NCC(C)(C)c1cccc(C)c1)NC(C)CCS(C)(=O)=O.I. The van der Waals surface area contributed by atoms with E-state index < -0.39 is 9.84 Å². The molecule has 5 nitrogen and oxygen atoms in total. The Labute approximate surface area is 176 Å². The molecule has 1 aromatic rings. The minimum Gasteiger partial charge on any atom is -0.357 e. The van der Waals surface area contributed by atoms with E-state index in [2.05, 4.69) is 55.7 Å². The molecule has 7 heteroatoms. The van der Waals surface area contributed by atoms with E-state index in [0.29, 0.717) is 13.0 Å². The molecule has 0 aliphatic heterocycles. The monoisotopic (exact) mass is 495 g/mol. The zero-order valence-electron chi connectivity index (χ0n) is 16.8. The third-order valence-electron chi connectivity index (χ3n) is 4.08. The fourth-order valence-corrected chi connectivity index (χ4v) is 3.23. The van der Waals surface area contributed by atoms with Crippen LogP contribution in [0.2, 0.25) is 0 Å². The zero-order chi connectivity index (χ0) is 19.1. The molecule has 1 aromatic carbocycles. The Morgan fingerprint density at radius 2 is 1.96 bits per heavy atom. The van der Waals surface area contributed by atoms with Crippen molar-refractivity contribution in [1.82, 2.24) is 10.6 Å². The molecule has 2 N–H and O–H groups in total. The normalized spacial score (nSPS) is 13.7. The summed E-state index contributed by atoms with van der Waals surface area (Å²) in [5.74, 6) is 0.902. The number of aliphatic imine (C=N–C) groups is 1. The van der Waals surface area contributed by atoms with Crippen molar-refractivity contribution < 1.29 is 8.42 Å². The maximum atomic E-state index is 11.3. The number of nitrogens with zero attached hydrogens (tertiary/aromatic N) is 1. The topological polar surface area (TPSA) is 70.6 Å². The molecule has 0 saturated carbocycles. The van der Waals surface area contributed by atoms with Crippen LogP contribution in [0.3, 0.4) is 0 Å². The molecule has 0 aliphatic carbocycles. The van der Waals surface area contributed by atoms with E-state index in [1.165, 1.54) is 17.4 Å². The minimum absolute atomic E-state index is 0. The summed E-state index contributed by atoms with van der Waals surface area (Å²) in [6.45, 7) is 11.9. The third kappa shape index (κ3) is 9.75.